The molecule has 6 nitrogen and oxygen atoms in total. The van der Waals surface area contributed by atoms with Crippen LogP contribution in [-0.4, -0.2) is 28.3 Å². The zero-order valence-electron chi connectivity index (χ0n) is 15.7. The maximum atomic E-state index is 13.1. The molecule has 0 fully saturated rings. The van der Waals surface area contributed by atoms with Gasteiger partial charge in [-0.2, -0.15) is 5.10 Å². The van der Waals surface area contributed by atoms with Crippen LogP contribution in [0.3, 0.4) is 0 Å². The van der Waals surface area contributed by atoms with Crippen molar-refractivity contribution < 1.29 is 18.7 Å². The third-order valence-electron chi connectivity index (χ3n) is 4.00. The fourth-order valence-electron chi connectivity index (χ4n) is 2.54. The molecule has 30 heavy (non-hydrogen) atoms. The number of halogens is 3. The number of esters is 1. The Bertz CT molecular complexity index is 1110. The number of carbonyl (C=O) groups excluding carboxylic acids is 2. The zero-order chi connectivity index (χ0) is 21.7. The minimum atomic E-state index is -0.727. The Morgan fingerprint density at radius 3 is 2.57 bits per heavy atom. The lowest BCUT2D eigenvalue weighted by Crippen LogP contribution is -2.20. The number of para-hydroxylation sites is 1. The van der Waals surface area contributed by atoms with Crippen LogP contribution in [0.2, 0.25) is 10.2 Å². The predicted octanol–water partition coefficient (Wildman–Crippen LogP) is 4.82. The largest absolute Gasteiger partial charge is 0.452 e. The van der Waals surface area contributed by atoms with Crippen LogP contribution in [0.1, 0.15) is 11.3 Å². The Morgan fingerprint density at radius 2 is 1.87 bits per heavy atom. The van der Waals surface area contributed by atoms with Crippen molar-refractivity contribution in [3.8, 4) is 5.69 Å². The average Bonchev–Trinajstić information content (AvgIpc) is 3.01. The van der Waals surface area contributed by atoms with E-state index < -0.39 is 18.5 Å². The molecule has 1 amide bonds. The number of rotatable bonds is 6. The Kier molecular flexibility index (Phi) is 6.87. The van der Waals surface area contributed by atoms with E-state index in [4.69, 9.17) is 27.9 Å². The van der Waals surface area contributed by atoms with Crippen molar-refractivity contribution in [2.45, 2.75) is 6.92 Å². The summed E-state index contributed by atoms with van der Waals surface area (Å²) in [6.07, 6.45) is 2.59. The van der Waals surface area contributed by atoms with Crippen LogP contribution in [0.4, 0.5) is 10.1 Å². The fourth-order valence-corrected chi connectivity index (χ4v) is 3.06. The Labute approximate surface area is 181 Å². The normalized spacial score (nSPS) is 10.9. The molecule has 3 rings (SSSR count). The Morgan fingerprint density at radius 1 is 1.17 bits per heavy atom. The topological polar surface area (TPSA) is 73.2 Å². The first kappa shape index (κ1) is 21.5. The van der Waals surface area contributed by atoms with Crippen molar-refractivity contribution in [2.24, 2.45) is 0 Å². The Balaban J connectivity index is 1.61. The number of hydrogen-bond donors (Lipinski definition) is 1. The fraction of sp³-hybridized carbons (Fsp3) is 0.0952. The molecule has 0 bridgehead atoms. The number of hydrogen-bond acceptors (Lipinski definition) is 4. The molecule has 9 heteroatoms. The lowest BCUT2D eigenvalue weighted by atomic mass is 10.2. The molecule has 0 spiro atoms. The van der Waals surface area contributed by atoms with E-state index in [1.54, 1.807) is 31.2 Å². The summed E-state index contributed by atoms with van der Waals surface area (Å²) < 4.78 is 19.5. The molecule has 0 radical (unpaired) electrons. The molecule has 3 aromatic rings. The molecule has 1 heterocycles. The number of ether oxygens (including phenoxy) is 1. The molecule has 0 saturated carbocycles. The maximum Gasteiger partial charge on any atom is 0.331 e. The number of anilines is 1. The van der Waals surface area contributed by atoms with Gasteiger partial charge in [0.05, 0.1) is 22.1 Å². The highest BCUT2D eigenvalue weighted by atomic mass is 35.5. The number of nitrogens with one attached hydrogen (secondary N) is 1. The predicted molar refractivity (Wildman–Crippen MR) is 113 cm³/mol. The quantitative estimate of drug-likeness (QED) is 0.434. The van der Waals surface area contributed by atoms with Crippen LogP contribution in [0.15, 0.2) is 54.6 Å². The van der Waals surface area contributed by atoms with Crippen molar-refractivity contribution in [1.82, 2.24) is 9.78 Å². The van der Waals surface area contributed by atoms with E-state index >= 15 is 0 Å². The van der Waals surface area contributed by atoms with E-state index in [1.807, 2.05) is 0 Å². The number of carbonyl (C=O) groups is 2. The van der Waals surface area contributed by atoms with Gasteiger partial charge in [-0.1, -0.05) is 35.3 Å². The number of amides is 1. The molecule has 1 aromatic heterocycles. The molecule has 0 aliphatic rings. The van der Waals surface area contributed by atoms with Gasteiger partial charge in [0.25, 0.3) is 5.91 Å². The van der Waals surface area contributed by atoms with E-state index in [2.05, 4.69) is 10.4 Å². The highest BCUT2D eigenvalue weighted by Crippen LogP contribution is 2.25. The minimum absolute atomic E-state index is 0.250. The lowest BCUT2D eigenvalue weighted by Gasteiger charge is -2.06. The number of aromatic nitrogens is 2. The van der Waals surface area contributed by atoms with Crippen molar-refractivity contribution in [1.29, 1.82) is 0 Å². The van der Waals surface area contributed by atoms with Crippen molar-refractivity contribution in [3.05, 3.63) is 81.9 Å². The summed E-state index contributed by atoms with van der Waals surface area (Å²) in [7, 11) is 0. The highest BCUT2D eigenvalue weighted by molar-refractivity contribution is 6.33. The van der Waals surface area contributed by atoms with E-state index in [1.165, 1.54) is 35.0 Å². The van der Waals surface area contributed by atoms with Crippen LogP contribution < -0.4 is 5.32 Å². The van der Waals surface area contributed by atoms with Gasteiger partial charge in [0.15, 0.2) is 6.61 Å². The first-order valence-electron chi connectivity index (χ1n) is 8.75. The van der Waals surface area contributed by atoms with Gasteiger partial charge in [-0.3, -0.25) is 4.79 Å². The molecule has 0 unspecified atom stereocenters. The third kappa shape index (κ3) is 5.25. The zero-order valence-corrected chi connectivity index (χ0v) is 17.2. The summed E-state index contributed by atoms with van der Waals surface area (Å²) in [4.78, 5) is 23.9. The van der Waals surface area contributed by atoms with Gasteiger partial charge in [0.2, 0.25) is 0 Å². The van der Waals surface area contributed by atoms with Crippen LogP contribution in [-0.2, 0) is 14.3 Å². The lowest BCUT2D eigenvalue weighted by molar-refractivity contribution is -0.142. The molecule has 0 atom stereocenters. The summed E-state index contributed by atoms with van der Waals surface area (Å²) in [6, 6.07) is 12.4. The van der Waals surface area contributed by atoms with E-state index in [0.29, 0.717) is 27.7 Å². The van der Waals surface area contributed by atoms with Crippen LogP contribution in [0.25, 0.3) is 11.8 Å². The van der Waals surface area contributed by atoms with Crippen molar-refractivity contribution in [2.75, 3.05) is 11.9 Å². The standard InChI is InChI=1S/C21H16Cl2FN3O3/c1-13-16(21(23)27(26-13)15-8-6-14(24)7-9-15)10-11-20(29)30-12-19(28)25-18-5-3-2-4-17(18)22/h2-11H,12H2,1H3,(H,25,28)/b11-10+. The first-order chi connectivity index (χ1) is 14.3. The van der Waals surface area contributed by atoms with Gasteiger partial charge >= 0.3 is 5.97 Å². The molecule has 0 aliphatic carbocycles. The second-order valence-electron chi connectivity index (χ2n) is 6.15. The van der Waals surface area contributed by atoms with Gasteiger partial charge in [-0.05, 0) is 49.4 Å². The number of nitrogens with zero attached hydrogens (tertiary/aromatic N) is 2. The van der Waals surface area contributed by atoms with Crippen molar-refractivity contribution in [3.63, 3.8) is 0 Å². The monoisotopic (exact) mass is 447 g/mol. The Hall–Kier alpha value is -3.16. The SMILES string of the molecule is Cc1nn(-c2ccc(F)cc2)c(Cl)c1/C=C/C(=O)OCC(=O)Nc1ccccc1Cl. The maximum absolute atomic E-state index is 13.1. The molecule has 0 aliphatic heterocycles. The van der Waals surface area contributed by atoms with Crippen LogP contribution in [0, 0.1) is 12.7 Å². The summed E-state index contributed by atoms with van der Waals surface area (Å²) in [5.41, 5.74) is 2.05. The van der Waals surface area contributed by atoms with E-state index in [9.17, 15) is 14.0 Å². The number of benzene rings is 2. The third-order valence-corrected chi connectivity index (χ3v) is 4.69. The van der Waals surface area contributed by atoms with Gasteiger partial charge in [-0.25, -0.2) is 13.9 Å². The second-order valence-corrected chi connectivity index (χ2v) is 6.91. The summed E-state index contributed by atoms with van der Waals surface area (Å²) in [6.45, 7) is 1.24. The van der Waals surface area contributed by atoms with Crippen LogP contribution >= 0.6 is 23.2 Å². The number of aryl methyl sites for hydroxylation is 1. The van der Waals surface area contributed by atoms with Gasteiger partial charge in [0.1, 0.15) is 11.0 Å². The van der Waals surface area contributed by atoms with Gasteiger partial charge in [0, 0.05) is 11.6 Å². The molecular weight excluding hydrogens is 432 g/mol. The minimum Gasteiger partial charge on any atom is -0.452 e. The van der Waals surface area contributed by atoms with E-state index in [-0.39, 0.29) is 11.0 Å². The van der Waals surface area contributed by atoms with Gasteiger partial charge < -0.3 is 10.1 Å². The summed E-state index contributed by atoms with van der Waals surface area (Å²) in [5.74, 6) is -1.63. The van der Waals surface area contributed by atoms with E-state index in [0.717, 1.165) is 6.08 Å². The smallest absolute Gasteiger partial charge is 0.331 e. The second kappa shape index (κ2) is 9.56. The molecule has 1 N–H and O–H groups in total. The average molecular weight is 448 g/mol. The first-order valence-corrected chi connectivity index (χ1v) is 9.51. The molecule has 154 valence electrons. The highest BCUT2D eigenvalue weighted by Gasteiger charge is 2.14. The molecule has 2 aromatic carbocycles. The molecule has 0 saturated heterocycles. The summed E-state index contributed by atoms with van der Waals surface area (Å²) >= 11 is 12.3. The molecular formula is C21H16Cl2FN3O3. The summed E-state index contributed by atoms with van der Waals surface area (Å²) in [5, 5.41) is 7.47. The van der Waals surface area contributed by atoms with Gasteiger partial charge in [-0.15, -0.1) is 0 Å². The van der Waals surface area contributed by atoms with Crippen molar-refractivity contribution >= 4 is 46.8 Å². The van der Waals surface area contributed by atoms with Crippen LogP contribution in [0.5, 0.6) is 0 Å².